The maximum Gasteiger partial charge on any atom is 0.0249 e. The van der Waals surface area contributed by atoms with E-state index in [1.807, 2.05) is 30.3 Å². The van der Waals surface area contributed by atoms with E-state index in [2.05, 4.69) is 40.8 Å². The lowest BCUT2D eigenvalue weighted by molar-refractivity contribution is 0.294. The molecule has 0 atom stereocenters. The van der Waals surface area contributed by atoms with Gasteiger partial charge in [-0.3, -0.25) is 0 Å². The Labute approximate surface area is 131 Å². The van der Waals surface area contributed by atoms with Crippen molar-refractivity contribution < 1.29 is 0 Å². The van der Waals surface area contributed by atoms with Crippen molar-refractivity contribution in [3.63, 3.8) is 0 Å². The van der Waals surface area contributed by atoms with E-state index >= 15 is 0 Å². The van der Waals surface area contributed by atoms with Gasteiger partial charge in [-0.25, -0.2) is 0 Å². The molecule has 1 heteroatoms. The average Bonchev–Trinajstić information content (AvgIpc) is 2.47. The summed E-state index contributed by atoms with van der Waals surface area (Å²) < 4.78 is 1.10. The SMILES string of the molecule is CCC[C@H]1CC[C@H](C=CC#Cc2ccc(Br)cc2)CC1. The molecule has 0 amide bonds. The molecule has 0 radical (unpaired) electrons. The van der Waals surface area contributed by atoms with Gasteiger partial charge in [0.15, 0.2) is 0 Å². The van der Waals surface area contributed by atoms with Crippen LogP contribution < -0.4 is 0 Å². The largest absolute Gasteiger partial charge is 0.0730 e. The first-order chi connectivity index (χ1) is 9.78. The molecule has 0 aliphatic heterocycles. The Hall–Kier alpha value is -1.000. The highest BCUT2D eigenvalue weighted by molar-refractivity contribution is 9.10. The van der Waals surface area contributed by atoms with Crippen LogP contribution in [-0.2, 0) is 0 Å². The van der Waals surface area contributed by atoms with E-state index in [1.54, 1.807) is 0 Å². The molecular formula is C19H23Br. The highest BCUT2D eigenvalue weighted by Crippen LogP contribution is 2.31. The fourth-order valence-electron chi connectivity index (χ4n) is 2.92. The van der Waals surface area contributed by atoms with E-state index < -0.39 is 0 Å². The number of benzene rings is 1. The van der Waals surface area contributed by atoms with Crippen molar-refractivity contribution in [3.05, 3.63) is 46.5 Å². The molecule has 0 spiro atoms. The van der Waals surface area contributed by atoms with Gasteiger partial charge in [-0.05, 0) is 67.9 Å². The summed E-state index contributed by atoms with van der Waals surface area (Å²) in [6.45, 7) is 2.30. The first-order valence-electron chi connectivity index (χ1n) is 7.71. The van der Waals surface area contributed by atoms with Crippen molar-refractivity contribution in [3.8, 4) is 11.8 Å². The first kappa shape index (κ1) is 15.4. The normalized spacial score (nSPS) is 22.5. The molecule has 1 aromatic rings. The molecule has 2 rings (SSSR count). The first-order valence-corrected chi connectivity index (χ1v) is 8.51. The van der Waals surface area contributed by atoms with Crippen molar-refractivity contribution >= 4 is 15.9 Å². The molecule has 0 nitrogen and oxygen atoms in total. The Morgan fingerprint density at radius 1 is 1.15 bits per heavy atom. The van der Waals surface area contributed by atoms with Gasteiger partial charge in [-0.2, -0.15) is 0 Å². The lowest BCUT2D eigenvalue weighted by atomic mass is 9.80. The number of hydrogen-bond donors (Lipinski definition) is 0. The third-order valence-electron chi connectivity index (χ3n) is 4.10. The van der Waals surface area contributed by atoms with E-state index in [1.165, 1.54) is 38.5 Å². The Morgan fingerprint density at radius 2 is 1.85 bits per heavy atom. The molecule has 0 bridgehead atoms. The van der Waals surface area contributed by atoms with Crippen molar-refractivity contribution in [1.29, 1.82) is 0 Å². The third kappa shape index (κ3) is 5.17. The number of halogens is 1. The van der Waals surface area contributed by atoms with Crippen LogP contribution in [0.3, 0.4) is 0 Å². The van der Waals surface area contributed by atoms with E-state index in [0.29, 0.717) is 0 Å². The molecule has 0 heterocycles. The Morgan fingerprint density at radius 3 is 2.50 bits per heavy atom. The van der Waals surface area contributed by atoms with Crippen LogP contribution in [0.4, 0.5) is 0 Å². The Balaban J connectivity index is 1.79. The predicted octanol–water partition coefficient (Wildman–Crippen LogP) is 5.96. The number of rotatable bonds is 3. The molecule has 1 fully saturated rings. The molecule has 1 aliphatic carbocycles. The van der Waals surface area contributed by atoms with Crippen LogP contribution in [0.2, 0.25) is 0 Å². The minimum Gasteiger partial charge on any atom is -0.0730 e. The van der Waals surface area contributed by atoms with Crippen LogP contribution in [0.1, 0.15) is 51.0 Å². The molecule has 0 saturated heterocycles. The van der Waals surface area contributed by atoms with Crippen molar-refractivity contribution in [2.24, 2.45) is 11.8 Å². The second-order valence-corrected chi connectivity index (χ2v) is 6.62. The molecule has 1 aliphatic rings. The summed E-state index contributed by atoms with van der Waals surface area (Å²) in [5.74, 6) is 8.08. The van der Waals surface area contributed by atoms with Crippen LogP contribution in [0.15, 0.2) is 40.9 Å². The van der Waals surface area contributed by atoms with Gasteiger partial charge in [0.1, 0.15) is 0 Å². The molecule has 1 saturated carbocycles. The third-order valence-corrected chi connectivity index (χ3v) is 4.63. The van der Waals surface area contributed by atoms with Gasteiger partial charge in [0.05, 0.1) is 0 Å². The van der Waals surface area contributed by atoms with E-state index in [4.69, 9.17) is 0 Å². The van der Waals surface area contributed by atoms with Gasteiger partial charge < -0.3 is 0 Å². The summed E-state index contributed by atoms with van der Waals surface area (Å²) >= 11 is 3.43. The van der Waals surface area contributed by atoms with Gasteiger partial charge in [0, 0.05) is 10.0 Å². The average molecular weight is 331 g/mol. The van der Waals surface area contributed by atoms with Gasteiger partial charge in [-0.1, -0.05) is 53.6 Å². The van der Waals surface area contributed by atoms with Gasteiger partial charge in [0.25, 0.3) is 0 Å². The molecule has 0 unspecified atom stereocenters. The summed E-state index contributed by atoms with van der Waals surface area (Å²) in [5.41, 5.74) is 1.07. The van der Waals surface area contributed by atoms with E-state index in [-0.39, 0.29) is 0 Å². The standard InChI is InChI=1S/C19H23Br/c1-2-5-16-8-10-17(11-9-16)6-3-4-7-18-12-14-19(20)15-13-18/h3,6,12-17H,2,5,8-11H2,1H3/t16-,17-. The maximum absolute atomic E-state index is 3.43. The second-order valence-electron chi connectivity index (χ2n) is 5.70. The monoisotopic (exact) mass is 330 g/mol. The summed E-state index contributed by atoms with van der Waals surface area (Å²) in [4.78, 5) is 0. The lowest BCUT2D eigenvalue weighted by Crippen LogP contribution is -2.12. The van der Waals surface area contributed by atoms with Crippen LogP contribution in [0.5, 0.6) is 0 Å². The van der Waals surface area contributed by atoms with Gasteiger partial charge in [-0.15, -0.1) is 0 Å². The summed E-state index contributed by atoms with van der Waals surface area (Å²) in [6.07, 6.45) is 12.6. The quantitative estimate of drug-likeness (QED) is 0.599. The van der Waals surface area contributed by atoms with Crippen LogP contribution in [0.25, 0.3) is 0 Å². The Kier molecular flexibility index (Phi) is 6.40. The molecule has 106 valence electrons. The smallest absolute Gasteiger partial charge is 0.0249 e. The minimum atomic E-state index is 0.752. The summed E-state index contributed by atoms with van der Waals surface area (Å²) in [6, 6.07) is 8.15. The molecule has 20 heavy (non-hydrogen) atoms. The molecule has 1 aromatic carbocycles. The zero-order chi connectivity index (χ0) is 14.2. The van der Waals surface area contributed by atoms with E-state index in [9.17, 15) is 0 Å². The molecule has 0 aromatic heterocycles. The van der Waals surface area contributed by atoms with Crippen molar-refractivity contribution in [2.45, 2.75) is 45.4 Å². The second kappa shape index (κ2) is 8.32. The van der Waals surface area contributed by atoms with Gasteiger partial charge in [0.2, 0.25) is 0 Å². The topological polar surface area (TPSA) is 0 Å². The zero-order valence-corrected chi connectivity index (χ0v) is 13.8. The fraction of sp³-hybridized carbons (Fsp3) is 0.474. The van der Waals surface area contributed by atoms with Crippen LogP contribution >= 0.6 is 15.9 Å². The van der Waals surface area contributed by atoms with Crippen molar-refractivity contribution in [1.82, 2.24) is 0 Å². The van der Waals surface area contributed by atoms with Crippen molar-refractivity contribution in [2.75, 3.05) is 0 Å². The molecule has 0 N–H and O–H groups in total. The maximum atomic E-state index is 3.43. The number of hydrogen-bond acceptors (Lipinski definition) is 0. The summed E-state index contributed by atoms with van der Waals surface area (Å²) in [5, 5.41) is 0. The predicted molar refractivity (Wildman–Crippen MR) is 90.5 cm³/mol. The molecular weight excluding hydrogens is 308 g/mol. The minimum absolute atomic E-state index is 0.752. The van der Waals surface area contributed by atoms with Gasteiger partial charge >= 0.3 is 0 Å². The van der Waals surface area contributed by atoms with Crippen LogP contribution in [0, 0.1) is 23.7 Å². The highest BCUT2D eigenvalue weighted by Gasteiger charge is 2.18. The summed E-state index contributed by atoms with van der Waals surface area (Å²) in [7, 11) is 0. The lowest BCUT2D eigenvalue weighted by Gasteiger charge is -2.26. The fourth-order valence-corrected chi connectivity index (χ4v) is 3.18. The number of allylic oxidation sites excluding steroid dienone is 2. The Bertz CT molecular complexity index is 479. The zero-order valence-electron chi connectivity index (χ0n) is 12.2. The van der Waals surface area contributed by atoms with Crippen LogP contribution in [-0.4, -0.2) is 0 Å². The highest BCUT2D eigenvalue weighted by atomic mass is 79.9. The van der Waals surface area contributed by atoms with E-state index in [0.717, 1.165) is 21.9 Å².